The van der Waals surface area contributed by atoms with Gasteiger partial charge in [-0.25, -0.2) is 4.39 Å². The molecule has 0 spiro atoms. The Kier molecular flexibility index (Phi) is 5.78. The number of carbonyl (C=O) groups excluding carboxylic acids is 1. The van der Waals surface area contributed by atoms with Gasteiger partial charge in [0.05, 0.1) is 0 Å². The number of carbonyl (C=O) groups is 1. The van der Waals surface area contributed by atoms with E-state index in [0.29, 0.717) is 18.7 Å². The Labute approximate surface area is 108 Å². The van der Waals surface area contributed by atoms with Gasteiger partial charge in [-0.15, -0.1) is 0 Å². The Morgan fingerprint density at radius 2 is 1.94 bits per heavy atom. The van der Waals surface area contributed by atoms with Crippen LogP contribution in [0, 0.1) is 5.82 Å². The number of nitrogens with two attached hydrogens (primary N) is 1. The van der Waals surface area contributed by atoms with Crippen LogP contribution in [-0.4, -0.2) is 18.5 Å². The molecule has 1 aromatic carbocycles. The summed E-state index contributed by atoms with van der Waals surface area (Å²) in [5, 5.41) is 0. The van der Waals surface area contributed by atoms with Crippen LogP contribution in [0.2, 0.25) is 0 Å². The van der Waals surface area contributed by atoms with Crippen LogP contribution in [0.5, 0.6) is 0 Å². The lowest BCUT2D eigenvalue weighted by atomic mass is 10.1. The van der Waals surface area contributed by atoms with Crippen LogP contribution < -0.4 is 10.6 Å². The van der Waals surface area contributed by atoms with Gasteiger partial charge in [0.25, 0.3) is 0 Å². The summed E-state index contributed by atoms with van der Waals surface area (Å²) < 4.78 is 12.8. The van der Waals surface area contributed by atoms with Gasteiger partial charge in [-0.1, -0.05) is 13.3 Å². The van der Waals surface area contributed by atoms with Crippen LogP contribution in [-0.2, 0) is 4.79 Å². The minimum absolute atomic E-state index is 0.00921. The third-order valence-corrected chi connectivity index (χ3v) is 2.85. The number of hydrogen-bond acceptors (Lipinski definition) is 2. The number of benzene rings is 1. The molecular weight excluding hydrogens is 231 g/mol. The molecule has 2 N–H and O–H groups in total. The fraction of sp³-hybridized carbons (Fsp3) is 0.500. The largest absolute Gasteiger partial charge is 0.327 e. The first-order valence-corrected chi connectivity index (χ1v) is 6.40. The molecule has 1 aromatic rings. The van der Waals surface area contributed by atoms with Gasteiger partial charge in [0.2, 0.25) is 5.91 Å². The zero-order chi connectivity index (χ0) is 13.5. The van der Waals surface area contributed by atoms with Crippen molar-refractivity contribution in [3.8, 4) is 0 Å². The molecule has 1 unspecified atom stereocenters. The molecule has 1 rings (SSSR count). The third-order valence-electron chi connectivity index (χ3n) is 2.85. The molecule has 0 aliphatic heterocycles. The Morgan fingerprint density at radius 1 is 1.33 bits per heavy atom. The van der Waals surface area contributed by atoms with E-state index in [-0.39, 0.29) is 17.8 Å². The summed E-state index contributed by atoms with van der Waals surface area (Å²) >= 11 is 0. The quantitative estimate of drug-likeness (QED) is 0.846. The molecule has 0 radical (unpaired) electrons. The van der Waals surface area contributed by atoms with Crippen molar-refractivity contribution in [1.29, 1.82) is 0 Å². The van der Waals surface area contributed by atoms with E-state index in [1.54, 1.807) is 17.0 Å². The van der Waals surface area contributed by atoms with E-state index in [1.807, 2.05) is 13.8 Å². The summed E-state index contributed by atoms with van der Waals surface area (Å²) in [5.41, 5.74) is 6.59. The zero-order valence-electron chi connectivity index (χ0n) is 11.0. The van der Waals surface area contributed by atoms with Crippen molar-refractivity contribution in [2.24, 2.45) is 5.73 Å². The summed E-state index contributed by atoms with van der Waals surface area (Å²) in [6.07, 6.45) is 2.14. The maximum atomic E-state index is 12.8. The van der Waals surface area contributed by atoms with Crippen molar-refractivity contribution < 1.29 is 9.18 Å². The van der Waals surface area contributed by atoms with E-state index >= 15 is 0 Å². The second kappa shape index (κ2) is 7.11. The first-order valence-electron chi connectivity index (χ1n) is 6.40. The molecule has 0 bridgehead atoms. The fourth-order valence-corrected chi connectivity index (χ4v) is 1.93. The Hall–Kier alpha value is -1.42. The highest BCUT2D eigenvalue weighted by Gasteiger charge is 2.16. The third kappa shape index (κ3) is 4.11. The highest BCUT2D eigenvalue weighted by molar-refractivity contribution is 5.93. The molecule has 1 amide bonds. The molecule has 0 aliphatic rings. The van der Waals surface area contributed by atoms with Crippen molar-refractivity contribution in [3.63, 3.8) is 0 Å². The molecule has 0 aromatic heterocycles. The van der Waals surface area contributed by atoms with E-state index in [1.165, 1.54) is 12.1 Å². The van der Waals surface area contributed by atoms with Crippen LogP contribution in [0.3, 0.4) is 0 Å². The second-order valence-corrected chi connectivity index (χ2v) is 4.37. The molecule has 3 nitrogen and oxygen atoms in total. The molecule has 4 heteroatoms. The summed E-state index contributed by atoms with van der Waals surface area (Å²) in [5.74, 6) is -0.310. The molecule has 18 heavy (non-hydrogen) atoms. The maximum absolute atomic E-state index is 12.8. The molecule has 0 heterocycles. The van der Waals surface area contributed by atoms with Crippen LogP contribution >= 0.6 is 0 Å². The number of halogens is 1. The number of rotatable bonds is 6. The molecule has 1 atom stereocenters. The van der Waals surface area contributed by atoms with Gasteiger partial charge in [0.15, 0.2) is 0 Å². The van der Waals surface area contributed by atoms with Gasteiger partial charge in [0, 0.05) is 24.7 Å². The first kappa shape index (κ1) is 14.6. The highest BCUT2D eigenvalue weighted by Crippen LogP contribution is 2.16. The average molecular weight is 252 g/mol. The predicted molar refractivity (Wildman–Crippen MR) is 71.9 cm³/mol. The maximum Gasteiger partial charge on any atom is 0.228 e. The normalized spacial score (nSPS) is 12.2. The summed E-state index contributed by atoms with van der Waals surface area (Å²) in [6.45, 7) is 4.50. The fourth-order valence-electron chi connectivity index (χ4n) is 1.93. The lowest BCUT2D eigenvalue weighted by molar-refractivity contribution is -0.118. The van der Waals surface area contributed by atoms with E-state index in [4.69, 9.17) is 5.73 Å². The minimum atomic E-state index is -0.301. The monoisotopic (exact) mass is 252 g/mol. The standard InChI is InChI=1S/C14H21FN2O/c1-3-5-12(16)10-14(18)17(4-2)13-8-6-11(15)7-9-13/h6-9,12H,3-5,10,16H2,1-2H3. The minimum Gasteiger partial charge on any atom is -0.327 e. The van der Waals surface area contributed by atoms with Gasteiger partial charge in [0.1, 0.15) is 5.82 Å². The van der Waals surface area contributed by atoms with Crippen LogP contribution in [0.1, 0.15) is 33.1 Å². The van der Waals surface area contributed by atoms with E-state index < -0.39 is 0 Å². The lowest BCUT2D eigenvalue weighted by Gasteiger charge is -2.22. The van der Waals surface area contributed by atoms with Crippen molar-refractivity contribution in [2.45, 2.75) is 39.2 Å². The van der Waals surface area contributed by atoms with Crippen LogP contribution in [0.25, 0.3) is 0 Å². The van der Waals surface area contributed by atoms with Crippen molar-refractivity contribution >= 4 is 11.6 Å². The van der Waals surface area contributed by atoms with Crippen LogP contribution in [0.4, 0.5) is 10.1 Å². The predicted octanol–water partition coefficient (Wildman–Crippen LogP) is 2.70. The van der Waals surface area contributed by atoms with Gasteiger partial charge < -0.3 is 10.6 Å². The van der Waals surface area contributed by atoms with Crippen LogP contribution in [0.15, 0.2) is 24.3 Å². The number of amides is 1. The number of nitrogens with zero attached hydrogens (tertiary/aromatic N) is 1. The topological polar surface area (TPSA) is 46.3 Å². The highest BCUT2D eigenvalue weighted by atomic mass is 19.1. The molecule has 0 saturated carbocycles. The smallest absolute Gasteiger partial charge is 0.228 e. The molecule has 0 aliphatic carbocycles. The molecule has 0 fully saturated rings. The van der Waals surface area contributed by atoms with Gasteiger partial charge in [-0.2, -0.15) is 0 Å². The number of anilines is 1. The first-order chi connectivity index (χ1) is 8.58. The zero-order valence-corrected chi connectivity index (χ0v) is 11.0. The average Bonchev–Trinajstić information content (AvgIpc) is 2.32. The van der Waals surface area contributed by atoms with Gasteiger partial charge in [-0.05, 0) is 37.6 Å². The van der Waals surface area contributed by atoms with Crippen molar-refractivity contribution in [1.82, 2.24) is 0 Å². The van der Waals surface area contributed by atoms with E-state index in [2.05, 4.69) is 0 Å². The second-order valence-electron chi connectivity index (χ2n) is 4.37. The number of hydrogen-bond donors (Lipinski definition) is 1. The lowest BCUT2D eigenvalue weighted by Crippen LogP contribution is -2.35. The van der Waals surface area contributed by atoms with Crippen molar-refractivity contribution in [2.75, 3.05) is 11.4 Å². The summed E-state index contributed by atoms with van der Waals surface area (Å²) in [4.78, 5) is 13.7. The Morgan fingerprint density at radius 3 is 2.44 bits per heavy atom. The SMILES string of the molecule is CCCC(N)CC(=O)N(CC)c1ccc(F)cc1. The molecule has 100 valence electrons. The van der Waals surface area contributed by atoms with E-state index in [0.717, 1.165) is 12.8 Å². The summed E-state index contributed by atoms with van der Waals surface area (Å²) in [6, 6.07) is 5.84. The van der Waals surface area contributed by atoms with Gasteiger partial charge >= 0.3 is 0 Å². The molecule has 0 saturated heterocycles. The summed E-state index contributed by atoms with van der Waals surface area (Å²) in [7, 11) is 0. The molecular formula is C14H21FN2O. The van der Waals surface area contributed by atoms with Crippen molar-refractivity contribution in [3.05, 3.63) is 30.1 Å². The van der Waals surface area contributed by atoms with E-state index in [9.17, 15) is 9.18 Å². The Bertz CT molecular complexity index is 378. The Balaban J connectivity index is 2.71. The van der Waals surface area contributed by atoms with Gasteiger partial charge in [-0.3, -0.25) is 4.79 Å².